The minimum absolute atomic E-state index is 0.0276. The van der Waals surface area contributed by atoms with Gasteiger partial charge in [0.1, 0.15) is 11.9 Å². The van der Waals surface area contributed by atoms with Crippen molar-refractivity contribution in [2.45, 2.75) is 50.4 Å². The van der Waals surface area contributed by atoms with E-state index >= 15 is 4.39 Å². The number of nitrogens with zero attached hydrogens (tertiary/aromatic N) is 4. The smallest absolute Gasteiger partial charge is 0.231 e. The molecule has 0 radical (unpaired) electrons. The molecule has 2 atom stereocenters. The van der Waals surface area contributed by atoms with Crippen LogP contribution in [0.1, 0.15) is 32.1 Å². The van der Waals surface area contributed by atoms with Gasteiger partial charge in [-0.25, -0.2) is 13.3 Å². The first-order valence-electron chi connectivity index (χ1n) is 12.5. The topological polar surface area (TPSA) is 90.3 Å². The Morgan fingerprint density at radius 1 is 1.27 bits per heavy atom. The molecule has 3 heterocycles. The number of alkyl halides is 1. The molecule has 1 aromatic carbocycles. The van der Waals surface area contributed by atoms with Crippen molar-refractivity contribution in [1.29, 1.82) is 0 Å². The summed E-state index contributed by atoms with van der Waals surface area (Å²) >= 11 is 6.71. The molecule has 6 rings (SSSR count). The molecule has 3 N–H and O–H groups in total. The van der Waals surface area contributed by atoms with Gasteiger partial charge in [-0.05, 0) is 56.8 Å². The third-order valence-electron chi connectivity index (χ3n) is 7.82. The number of carbonyl (C=O) groups excluding carboxylic acids is 1. The number of H-pyrrole nitrogens is 1. The van der Waals surface area contributed by atoms with Crippen LogP contribution in [0.2, 0.25) is 5.02 Å². The molecule has 37 heavy (non-hydrogen) atoms. The first kappa shape index (κ1) is 24.1. The van der Waals surface area contributed by atoms with Crippen molar-refractivity contribution in [3.05, 3.63) is 41.4 Å². The number of nitrogens with one attached hydrogen (secondary N) is 3. The van der Waals surface area contributed by atoms with Crippen LogP contribution in [-0.2, 0) is 4.79 Å². The first-order valence-corrected chi connectivity index (χ1v) is 12.9. The maximum Gasteiger partial charge on any atom is 0.231 e. The highest BCUT2D eigenvalue weighted by Gasteiger charge is 2.43. The number of anilines is 2. The van der Waals surface area contributed by atoms with E-state index in [1.165, 1.54) is 0 Å². The quantitative estimate of drug-likeness (QED) is 0.331. The number of aromatic amines is 1. The van der Waals surface area contributed by atoms with E-state index in [1.54, 1.807) is 29.0 Å². The lowest BCUT2D eigenvalue weighted by Gasteiger charge is -2.36. The van der Waals surface area contributed by atoms with Crippen LogP contribution in [-0.4, -0.2) is 58.1 Å². The lowest BCUT2D eigenvalue weighted by atomic mass is 9.90. The number of hydrogen-bond donors (Lipinski definition) is 3. The van der Waals surface area contributed by atoms with E-state index in [4.69, 9.17) is 11.6 Å². The highest BCUT2D eigenvalue weighted by atomic mass is 35.5. The van der Waals surface area contributed by atoms with Crippen LogP contribution in [0.15, 0.2) is 30.6 Å². The average Bonchev–Trinajstić information content (AvgIpc) is 3.25. The monoisotopic (exact) mass is 527 g/mol. The maximum atomic E-state index is 15.9. The van der Waals surface area contributed by atoms with Gasteiger partial charge in [-0.3, -0.25) is 9.89 Å². The SMILES string of the molecule is CN[C@H]1CC[C@@H](N(C)c2c(F)c(Cl)c(-c3ccn4nc(NC(=O)[C@@H]5C[C@@H]5F)cc4c3)c3cn[nH]c23)CC1. The van der Waals surface area contributed by atoms with Crippen LogP contribution in [0, 0.1) is 11.7 Å². The van der Waals surface area contributed by atoms with Gasteiger partial charge in [0.05, 0.1) is 28.2 Å². The molecule has 1 amide bonds. The summed E-state index contributed by atoms with van der Waals surface area (Å²) < 4.78 is 30.8. The normalized spacial score (nSPS) is 23.5. The first-order chi connectivity index (χ1) is 17.9. The maximum absolute atomic E-state index is 15.9. The van der Waals surface area contributed by atoms with Gasteiger partial charge in [0.25, 0.3) is 0 Å². The number of benzene rings is 1. The molecular formula is C26H28ClF2N7O. The van der Waals surface area contributed by atoms with Gasteiger partial charge >= 0.3 is 0 Å². The summed E-state index contributed by atoms with van der Waals surface area (Å²) in [7, 11) is 3.90. The summed E-state index contributed by atoms with van der Waals surface area (Å²) in [4.78, 5) is 14.1. The summed E-state index contributed by atoms with van der Waals surface area (Å²) in [5.74, 6) is -1.14. The molecular weight excluding hydrogens is 500 g/mol. The number of carbonyl (C=O) groups is 1. The van der Waals surface area contributed by atoms with E-state index in [9.17, 15) is 9.18 Å². The van der Waals surface area contributed by atoms with E-state index in [-0.39, 0.29) is 23.4 Å². The van der Waals surface area contributed by atoms with Crippen molar-refractivity contribution >= 4 is 45.4 Å². The van der Waals surface area contributed by atoms with Crippen molar-refractivity contribution in [2.24, 2.45) is 5.92 Å². The number of rotatable bonds is 6. The molecule has 2 fully saturated rings. The van der Waals surface area contributed by atoms with E-state index in [0.717, 1.165) is 31.1 Å². The summed E-state index contributed by atoms with van der Waals surface area (Å²) in [5, 5.41) is 18.3. The third kappa shape index (κ3) is 4.21. The molecule has 4 aromatic rings. The Bertz CT molecular complexity index is 1490. The summed E-state index contributed by atoms with van der Waals surface area (Å²) in [6, 6.07) is 6.01. The van der Waals surface area contributed by atoms with Crippen LogP contribution < -0.4 is 15.5 Å². The molecule has 0 bridgehead atoms. The van der Waals surface area contributed by atoms with Crippen LogP contribution >= 0.6 is 11.6 Å². The minimum Gasteiger partial charge on any atom is -0.367 e. The zero-order chi connectivity index (χ0) is 25.8. The number of pyridine rings is 1. The Morgan fingerprint density at radius 3 is 2.73 bits per heavy atom. The van der Waals surface area contributed by atoms with E-state index in [0.29, 0.717) is 39.7 Å². The standard InChI is InChI=1S/C26H28ClF2N7O/c1-30-14-3-5-15(6-4-14)35(2)25-23(29)22(27)21(18-12-31-33-24(18)25)13-7-8-36-16(9-13)10-20(34-36)32-26(37)17-11-19(17)28/h7-10,12,14-15,17,19,30H,3-6,11H2,1-2H3,(H,31,33)(H,32,34,37)/t14-,15+,17-,19+/m1/s1. The fourth-order valence-electron chi connectivity index (χ4n) is 5.51. The molecule has 0 aliphatic heterocycles. The Kier molecular flexibility index (Phi) is 6.03. The Labute approximate surface area is 217 Å². The second kappa shape index (κ2) is 9.25. The molecule has 11 heteroatoms. The Morgan fingerprint density at radius 2 is 2.03 bits per heavy atom. The molecule has 194 valence electrons. The largest absolute Gasteiger partial charge is 0.367 e. The van der Waals surface area contributed by atoms with E-state index in [2.05, 4.69) is 25.9 Å². The molecule has 8 nitrogen and oxygen atoms in total. The van der Waals surface area contributed by atoms with E-state index < -0.39 is 17.9 Å². The summed E-state index contributed by atoms with van der Waals surface area (Å²) in [5.41, 5.74) is 2.93. The molecule has 0 saturated heterocycles. The third-order valence-corrected chi connectivity index (χ3v) is 8.18. The Balaban J connectivity index is 1.35. The molecule has 2 aliphatic rings. The lowest BCUT2D eigenvalue weighted by molar-refractivity contribution is -0.117. The van der Waals surface area contributed by atoms with Crippen molar-refractivity contribution < 1.29 is 13.6 Å². The van der Waals surface area contributed by atoms with Crippen molar-refractivity contribution in [2.75, 3.05) is 24.3 Å². The van der Waals surface area contributed by atoms with Gasteiger partial charge in [0, 0.05) is 42.3 Å². The minimum atomic E-state index is -1.08. The number of hydrogen-bond acceptors (Lipinski definition) is 5. The van der Waals surface area contributed by atoms with Gasteiger partial charge in [-0.1, -0.05) is 11.6 Å². The average molecular weight is 528 g/mol. The molecule has 3 aromatic heterocycles. The molecule has 0 spiro atoms. The van der Waals surface area contributed by atoms with Crippen LogP contribution in [0.4, 0.5) is 20.3 Å². The Hall–Kier alpha value is -3.24. The lowest BCUT2D eigenvalue weighted by Crippen LogP contribution is -2.40. The van der Waals surface area contributed by atoms with Crippen LogP contribution in [0.3, 0.4) is 0 Å². The summed E-state index contributed by atoms with van der Waals surface area (Å²) in [6.45, 7) is 0. The highest BCUT2D eigenvalue weighted by Crippen LogP contribution is 2.44. The number of amides is 1. The summed E-state index contributed by atoms with van der Waals surface area (Å²) in [6.07, 6.45) is 6.54. The van der Waals surface area contributed by atoms with Crippen molar-refractivity contribution in [3.63, 3.8) is 0 Å². The van der Waals surface area contributed by atoms with Crippen molar-refractivity contribution in [1.82, 2.24) is 25.1 Å². The van der Waals surface area contributed by atoms with Crippen molar-refractivity contribution in [3.8, 4) is 11.1 Å². The molecule has 0 unspecified atom stereocenters. The van der Waals surface area contributed by atoms with E-state index in [1.807, 2.05) is 25.1 Å². The number of halogens is 3. The van der Waals surface area contributed by atoms with Crippen LogP contribution in [0.5, 0.6) is 0 Å². The second-order valence-corrected chi connectivity index (χ2v) is 10.5. The van der Waals surface area contributed by atoms with Gasteiger partial charge in [-0.15, -0.1) is 0 Å². The van der Waals surface area contributed by atoms with Gasteiger partial charge in [-0.2, -0.15) is 10.2 Å². The van der Waals surface area contributed by atoms with Gasteiger partial charge < -0.3 is 15.5 Å². The predicted octanol–water partition coefficient (Wildman–Crippen LogP) is 4.93. The zero-order valence-electron chi connectivity index (χ0n) is 20.6. The number of aromatic nitrogens is 4. The fraction of sp³-hybridized carbons (Fsp3) is 0.423. The second-order valence-electron chi connectivity index (χ2n) is 10.1. The van der Waals surface area contributed by atoms with Gasteiger partial charge in [0.2, 0.25) is 5.91 Å². The highest BCUT2D eigenvalue weighted by molar-refractivity contribution is 6.36. The molecule has 2 aliphatic carbocycles. The molecule has 2 saturated carbocycles. The zero-order valence-corrected chi connectivity index (χ0v) is 21.3. The predicted molar refractivity (Wildman–Crippen MR) is 140 cm³/mol. The number of fused-ring (bicyclic) bond motifs is 2. The van der Waals surface area contributed by atoms with Gasteiger partial charge in [0.15, 0.2) is 11.6 Å². The fourth-order valence-corrected chi connectivity index (χ4v) is 5.81. The van der Waals surface area contributed by atoms with Crippen LogP contribution in [0.25, 0.3) is 27.5 Å².